The molecule has 0 aliphatic rings. The standard InChI is InChI=1S/C35H29F7/c1-3-5-6-7-8-9-28-33(40)19-24(20-34(28)41)27-14-11-22(17-31(27)38)25-13-10-21(16-30(25)37)26-15-12-23(18-32(26)39)35(42)29(36)4-2/h4,10-20H,2-3,5-9H2,1H3. The highest BCUT2D eigenvalue weighted by Gasteiger charge is 2.17. The minimum Gasteiger partial charge on any atom is -0.207 e. The highest BCUT2D eigenvalue weighted by atomic mass is 19.2. The van der Waals surface area contributed by atoms with E-state index in [1.807, 2.05) is 0 Å². The number of unbranched alkanes of at least 4 members (excludes halogenated alkanes) is 4. The Morgan fingerprint density at radius 2 is 1.07 bits per heavy atom. The number of hydrogen-bond donors (Lipinski definition) is 0. The summed E-state index contributed by atoms with van der Waals surface area (Å²) in [7, 11) is 0. The molecular weight excluding hydrogens is 553 g/mol. The SMILES string of the molecule is C=CC(F)=C(F)c1ccc(-c2ccc(-c3ccc(-c4cc(F)c(CCCCCCC)c(F)c4)c(F)c3)c(F)c2)c(F)c1. The van der Waals surface area contributed by atoms with Crippen LogP contribution in [-0.2, 0) is 6.42 Å². The second-order valence-electron chi connectivity index (χ2n) is 10.0. The summed E-state index contributed by atoms with van der Waals surface area (Å²) in [6.07, 6.45) is 5.58. The lowest BCUT2D eigenvalue weighted by molar-refractivity contribution is 0.541. The largest absolute Gasteiger partial charge is 0.207 e. The first-order valence-corrected chi connectivity index (χ1v) is 13.7. The van der Waals surface area contributed by atoms with Crippen molar-refractivity contribution in [3.63, 3.8) is 0 Å². The molecule has 7 heteroatoms. The molecule has 0 atom stereocenters. The normalized spacial score (nSPS) is 11.9. The molecule has 0 aliphatic carbocycles. The smallest absolute Gasteiger partial charge is 0.166 e. The maximum atomic E-state index is 15.1. The molecule has 0 unspecified atom stereocenters. The molecule has 0 heterocycles. The maximum Gasteiger partial charge on any atom is 0.166 e. The molecule has 0 spiro atoms. The third-order valence-corrected chi connectivity index (χ3v) is 7.15. The van der Waals surface area contributed by atoms with E-state index >= 15 is 8.78 Å². The average Bonchev–Trinajstić information content (AvgIpc) is 2.97. The van der Waals surface area contributed by atoms with Crippen molar-refractivity contribution in [1.29, 1.82) is 0 Å². The van der Waals surface area contributed by atoms with Gasteiger partial charge < -0.3 is 0 Å². The van der Waals surface area contributed by atoms with E-state index in [1.54, 1.807) is 0 Å². The van der Waals surface area contributed by atoms with Crippen LogP contribution in [-0.4, -0.2) is 0 Å². The van der Waals surface area contributed by atoms with Gasteiger partial charge in [-0.3, -0.25) is 0 Å². The van der Waals surface area contributed by atoms with Crippen molar-refractivity contribution in [3.05, 3.63) is 125 Å². The van der Waals surface area contributed by atoms with Gasteiger partial charge in [-0.1, -0.05) is 75.6 Å². The fraction of sp³-hybridized carbons (Fsp3) is 0.200. The summed E-state index contributed by atoms with van der Waals surface area (Å²) in [5, 5.41) is 0. The van der Waals surface area contributed by atoms with Crippen molar-refractivity contribution >= 4 is 5.83 Å². The summed E-state index contributed by atoms with van der Waals surface area (Å²) in [5.74, 6) is -6.48. The Labute approximate surface area is 240 Å². The summed E-state index contributed by atoms with van der Waals surface area (Å²) in [4.78, 5) is 0. The fourth-order valence-corrected chi connectivity index (χ4v) is 4.85. The lowest BCUT2D eigenvalue weighted by Crippen LogP contribution is -1.98. The molecule has 4 rings (SSSR count). The Kier molecular flexibility index (Phi) is 10.0. The van der Waals surface area contributed by atoms with Crippen LogP contribution in [0.3, 0.4) is 0 Å². The molecule has 0 amide bonds. The topological polar surface area (TPSA) is 0 Å². The van der Waals surface area contributed by atoms with Gasteiger partial charge in [0.25, 0.3) is 0 Å². The quantitative estimate of drug-likeness (QED) is 0.0938. The van der Waals surface area contributed by atoms with Crippen molar-refractivity contribution in [1.82, 2.24) is 0 Å². The van der Waals surface area contributed by atoms with Crippen molar-refractivity contribution < 1.29 is 30.7 Å². The van der Waals surface area contributed by atoms with Gasteiger partial charge in [0.1, 0.15) is 29.1 Å². The number of allylic oxidation sites excluding steroid dienone is 2. The number of hydrogen-bond acceptors (Lipinski definition) is 0. The van der Waals surface area contributed by atoms with Crippen molar-refractivity contribution in [2.75, 3.05) is 0 Å². The first-order chi connectivity index (χ1) is 20.1. The fourth-order valence-electron chi connectivity index (χ4n) is 4.85. The molecule has 0 bridgehead atoms. The van der Waals surface area contributed by atoms with Crippen LogP contribution in [0, 0.1) is 29.1 Å². The summed E-state index contributed by atoms with van der Waals surface area (Å²) >= 11 is 0. The maximum absolute atomic E-state index is 15.1. The van der Waals surface area contributed by atoms with Gasteiger partial charge in [-0.05, 0) is 65.9 Å². The first-order valence-electron chi connectivity index (χ1n) is 13.7. The zero-order chi connectivity index (χ0) is 30.4. The highest BCUT2D eigenvalue weighted by Crippen LogP contribution is 2.34. The van der Waals surface area contributed by atoms with Gasteiger partial charge in [0.05, 0.1) is 0 Å². The van der Waals surface area contributed by atoms with Crippen LogP contribution in [0.1, 0.15) is 50.2 Å². The number of rotatable bonds is 11. The first kappa shape index (κ1) is 30.8. The molecule has 0 nitrogen and oxygen atoms in total. The Bertz CT molecular complexity index is 1610. The third-order valence-electron chi connectivity index (χ3n) is 7.15. The Hall–Kier alpha value is -4.13. The van der Waals surface area contributed by atoms with Gasteiger partial charge in [-0.2, -0.15) is 0 Å². The Balaban J connectivity index is 1.56. The molecule has 42 heavy (non-hydrogen) atoms. The van der Waals surface area contributed by atoms with Gasteiger partial charge in [0, 0.05) is 27.8 Å². The van der Waals surface area contributed by atoms with Crippen LogP contribution in [0.5, 0.6) is 0 Å². The second-order valence-corrected chi connectivity index (χ2v) is 10.0. The lowest BCUT2D eigenvalue weighted by atomic mass is 9.95. The number of benzene rings is 4. The summed E-state index contributed by atoms with van der Waals surface area (Å²) in [5.41, 5.74) is -0.123. The molecule has 4 aromatic rings. The van der Waals surface area contributed by atoms with Gasteiger partial charge in [0.15, 0.2) is 11.7 Å². The predicted octanol–water partition coefficient (Wildman–Crippen LogP) is 11.7. The van der Waals surface area contributed by atoms with E-state index in [1.165, 1.54) is 30.3 Å². The van der Waals surface area contributed by atoms with Crippen LogP contribution in [0.25, 0.3) is 39.2 Å². The van der Waals surface area contributed by atoms with Crippen LogP contribution >= 0.6 is 0 Å². The van der Waals surface area contributed by atoms with Crippen molar-refractivity contribution in [2.45, 2.75) is 45.4 Å². The predicted molar refractivity (Wildman–Crippen MR) is 154 cm³/mol. The van der Waals surface area contributed by atoms with E-state index in [9.17, 15) is 22.0 Å². The summed E-state index contributed by atoms with van der Waals surface area (Å²) in [6, 6.07) is 12.9. The van der Waals surface area contributed by atoms with Crippen molar-refractivity contribution in [3.8, 4) is 33.4 Å². The van der Waals surface area contributed by atoms with Gasteiger partial charge in [-0.15, -0.1) is 0 Å². The number of halogens is 7. The summed E-state index contributed by atoms with van der Waals surface area (Å²) in [6.45, 7) is 5.21. The summed E-state index contributed by atoms with van der Waals surface area (Å²) < 4.78 is 102. The highest BCUT2D eigenvalue weighted by molar-refractivity contribution is 5.75. The Morgan fingerprint density at radius 1 is 0.595 bits per heavy atom. The molecule has 0 aromatic heterocycles. The third kappa shape index (κ3) is 6.84. The Morgan fingerprint density at radius 3 is 1.57 bits per heavy atom. The van der Waals surface area contributed by atoms with E-state index < -0.39 is 40.7 Å². The molecule has 0 radical (unpaired) electrons. The molecule has 0 N–H and O–H groups in total. The average molecular weight is 583 g/mol. The monoisotopic (exact) mass is 582 g/mol. The van der Waals surface area contributed by atoms with Crippen LogP contribution < -0.4 is 0 Å². The van der Waals surface area contributed by atoms with Gasteiger partial charge in [0.2, 0.25) is 0 Å². The van der Waals surface area contributed by atoms with Crippen LogP contribution in [0.2, 0.25) is 0 Å². The van der Waals surface area contributed by atoms with Gasteiger partial charge >= 0.3 is 0 Å². The van der Waals surface area contributed by atoms with E-state index in [0.29, 0.717) is 12.5 Å². The minimum atomic E-state index is -1.28. The van der Waals surface area contributed by atoms with E-state index in [0.717, 1.165) is 62.1 Å². The zero-order valence-corrected chi connectivity index (χ0v) is 23.0. The second kappa shape index (κ2) is 13.7. The zero-order valence-electron chi connectivity index (χ0n) is 23.0. The molecule has 0 fully saturated rings. The molecular formula is C35H29F7. The van der Waals surface area contributed by atoms with E-state index in [2.05, 4.69) is 13.5 Å². The molecule has 0 saturated carbocycles. The van der Waals surface area contributed by atoms with E-state index in [4.69, 9.17) is 0 Å². The van der Waals surface area contributed by atoms with Crippen molar-refractivity contribution in [2.24, 2.45) is 0 Å². The lowest BCUT2D eigenvalue weighted by Gasteiger charge is -2.12. The molecule has 4 aromatic carbocycles. The van der Waals surface area contributed by atoms with E-state index in [-0.39, 0.29) is 50.9 Å². The minimum absolute atomic E-state index is 0.0130. The van der Waals surface area contributed by atoms with Crippen LogP contribution in [0.15, 0.2) is 85.2 Å². The molecule has 0 aliphatic heterocycles. The molecule has 0 saturated heterocycles. The van der Waals surface area contributed by atoms with Gasteiger partial charge in [-0.25, -0.2) is 30.7 Å². The molecule has 218 valence electrons. The van der Waals surface area contributed by atoms with Crippen LogP contribution in [0.4, 0.5) is 30.7 Å².